The minimum atomic E-state index is -0.269. The molecule has 0 aliphatic carbocycles. The Morgan fingerprint density at radius 2 is 1.93 bits per heavy atom. The van der Waals surface area contributed by atoms with Crippen LogP contribution >= 0.6 is 28.1 Å². The highest BCUT2D eigenvalue weighted by atomic mass is 79.9. The lowest BCUT2D eigenvalue weighted by molar-refractivity contribution is 0.628. The second-order valence-corrected chi connectivity index (χ2v) is 4.18. The zero-order chi connectivity index (χ0) is 10.8. The van der Waals surface area contributed by atoms with Gasteiger partial charge >= 0.3 is 0 Å². The normalized spacial score (nSPS) is 10.3. The molecule has 0 spiro atoms. The average molecular weight is 285 g/mol. The highest BCUT2D eigenvalue weighted by Crippen LogP contribution is 2.17. The Hall–Kier alpha value is -1.07. The van der Waals surface area contributed by atoms with E-state index in [0.717, 1.165) is 10.0 Å². The van der Waals surface area contributed by atoms with E-state index in [0.29, 0.717) is 10.5 Å². The van der Waals surface area contributed by atoms with Gasteiger partial charge in [-0.1, -0.05) is 12.2 Å². The van der Waals surface area contributed by atoms with E-state index < -0.39 is 0 Å². The molecule has 2 nitrogen and oxygen atoms in total. The number of hydrogen-bond donors (Lipinski definition) is 1. The van der Waals surface area contributed by atoms with E-state index in [1.54, 1.807) is 18.3 Å². The molecule has 0 radical (unpaired) electrons. The van der Waals surface area contributed by atoms with Crippen molar-refractivity contribution in [2.24, 2.45) is 0 Å². The molecule has 0 aliphatic rings. The maximum Gasteiger partial charge on any atom is 0.138 e. The Labute approximate surface area is 99.3 Å². The molecule has 2 rings (SSSR count). The number of halogens is 2. The van der Waals surface area contributed by atoms with Gasteiger partial charge in [-0.05, 0) is 40.2 Å². The molecule has 1 heterocycles. The monoisotopic (exact) mass is 284 g/mol. The number of benzene rings is 1. The van der Waals surface area contributed by atoms with Crippen LogP contribution in [-0.2, 0) is 0 Å². The van der Waals surface area contributed by atoms with Crippen molar-refractivity contribution in [1.29, 1.82) is 0 Å². The summed E-state index contributed by atoms with van der Waals surface area (Å²) in [6.45, 7) is 0. The SMILES string of the molecule is Fc1ccc(-c2ncc(Br)c(=S)[nH]2)cc1. The molecule has 1 aromatic heterocycles. The molecule has 0 unspecified atom stereocenters. The van der Waals surface area contributed by atoms with Crippen LogP contribution in [0.1, 0.15) is 0 Å². The number of H-pyrrole nitrogens is 1. The van der Waals surface area contributed by atoms with Gasteiger partial charge in [0.2, 0.25) is 0 Å². The van der Waals surface area contributed by atoms with Crippen LogP contribution in [0.2, 0.25) is 0 Å². The summed E-state index contributed by atoms with van der Waals surface area (Å²) in [5.41, 5.74) is 0.801. The molecule has 76 valence electrons. The van der Waals surface area contributed by atoms with Crippen molar-refractivity contribution in [2.45, 2.75) is 0 Å². The topological polar surface area (TPSA) is 28.7 Å². The molecule has 0 amide bonds. The van der Waals surface area contributed by atoms with Crippen LogP contribution in [0, 0.1) is 10.5 Å². The van der Waals surface area contributed by atoms with Gasteiger partial charge in [0.1, 0.15) is 16.3 Å². The number of hydrogen-bond acceptors (Lipinski definition) is 2. The van der Waals surface area contributed by atoms with Crippen molar-refractivity contribution in [3.05, 3.63) is 45.4 Å². The van der Waals surface area contributed by atoms with Gasteiger partial charge in [-0.2, -0.15) is 0 Å². The molecule has 0 fully saturated rings. The van der Waals surface area contributed by atoms with Gasteiger partial charge in [0.15, 0.2) is 0 Å². The lowest BCUT2D eigenvalue weighted by Gasteiger charge is -2.01. The van der Waals surface area contributed by atoms with E-state index in [4.69, 9.17) is 12.2 Å². The van der Waals surface area contributed by atoms with Gasteiger partial charge < -0.3 is 4.98 Å². The highest BCUT2D eigenvalue weighted by Gasteiger charge is 2.00. The summed E-state index contributed by atoms with van der Waals surface area (Å²) in [6.07, 6.45) is 1.62. The first kappa shape index (κ1) is 10.4. The molecule has 0 aliphatic heterocycles. The highest BCUT2D eigenvalue weighted by molar-refractivity contribution is 9.10. The summed E-state index contributed by atoms with van der Waals surface area (Å²) in [4.78, 5) is 7.09. The summed E-state index contributed by atoms with van der Waals surface area (Å²) < 4.78 is 14.0. The standard InChI is InChI=1S/C10H6BrFN2S/c11-8-5-13-9(14-10(8)15)6-1-3-7(12)4-2-6/h1-5H,(H,13,14,15). The van der Waals surface area contributed by atoms with Crippen molar-refractivity contribution in [2.75, 3.05) is 0 Å². The van der Waals surface area contributed by atoms with Crippen LogP contribution in [0.25, 0.3) is 11.4 Å². The van der Waals surface area contributed by atoms with Crippen molar-refractivity contribution in [3.8, 4) is 11.4 Å². The fraction of sp³-hybridized carbons (Fsp3) is 0. The maximum absolute atomic E-state index is 12.7. The second-order valence-electron chi connectivity index (χ2n) is 2.92. The van der Waals surface area contributed by atoms with Gasteiger partial charge in [-0.3, -0.25) is 0 Å². The Bertz CT molecular complexity index is 536. The minimum Gasteiger partial charge on any atom is -0.330 e. The van der Waals surface area contributed by atoms with Gasteiger partial charge in [-0.25, -0.2) is 9.37 Å². The molecule has 5 heteroatoms. The Balaban J connectivity index is 2.50. The Morgan fingerprint density at radius 1 is 1.27 bits per heavy atom. The van der Waals surface area contributed by atoms with Crippen LogP contribution in [-0.4, -0.2) is 9.97 Å². The third-order valence-corrected chi connectivity index (χ3v) is 3.06. The van der Waals surface area contributed by atoms with E-state index >= 15 is 0 Å². The number of rotatable bonds is 1. The van der Waals surface area contributed by atoms with Gasteiger partial charge in [0.25, 0.3) is 0 Å². The van der Waals surface area contributed by atoms with E-state index in [2.05, 4.69) is 25.9 Å². The van der Waals surface area contributed by atoms with E-state index in [1.807, 2.05) is 0 Å². The fourth-order valence-electron chi connectivity index (χ4n) is 1.13. The second kappa shape index (κ2) is 4.20. The molecule has 15 heavy (non-hydrogen) atoms. The quantitative estimate of drug-likeness (QED) is 0.809. The lowest BCUT2D eigenvalue weighted by Crippen LogP contribution is -1.89. The summed E-state index contributed by atoms with van der Waals surface area (Å²) in [5.74, 6) is 0.359. The van der Waals surface area contributed by atoms with Crippen molar-refractivity contribution in [1.82, 2.24) is 9.97 Å². The van der Waals surface area contributed by atoms with Crippen molar-refractivity contribution < 1.29 is 4.39 Å². The molecule has 0 saturated carbocycles. The molecular formula is C10H6BrFN2S. The smallest absolute Gasteiger partial charge is 0.138 e. The van der Waals surface area contributed by atoms with Crippen LogP contribution in [0.5, 0.6) is 0 Å². The van der Waals surface area contributed by atoms with Crippen molar-refractivity contribution in [3.63, 3.8) is 0 Å². The van der Waals surface area contributed by atoms with Crippen LogP contribution in [0.15, 0.2) is 34.9 Å². The van der Waals surface area contributed by atoms with Crippen LogP contribution < -0.4 is 0 Å². The van der Waals surface area contributed by atoms with Gasteiger partial charge in [0, 0.05) is 11.8 Å². The largest absolute Gasteiger partial charge is 0.330 e. The Morgan fingerprint density at radius 3 is 2.53 bits per heavy atom. The molecule has 0 saturated heterocycles. The summed E-state index contributed by atoms with van der Waals surface area (Å²) in [5, 5.41) is 0. The Kier molecular flexibility index (Phi) is 2.93. The molecular weight excluding hydrogens is 279 g/mol. The summed E-state index contributed by atoms with van der Waals surface area (Å²) in [7, 11) is 0. The summed E-state index contributed by atoms with van der Waals surface area (Å²) in [6, 6.07) is 6.07. The third kappa shape index (κ3) is 2.30. The first-order valence-electron chi connectivity index (χ1n) is 4.17. The molecule has 1 N–H and O–H groups in total. The first-order chi connectivity index (χ1) is 7.16. The molecule has 1 aromatic carbocycles. The van der Waals surface area contributed by atoms with Gasteiger partial charge in [0.05, 0.1) is 4.47 Å². The van der Waals surface area contributed by atoms with Crippen LogP contribution in [0.3, 0.4) is 0 Å². The van der Waals surface area contributed by atoms with E-state index in [-0.39, 0.29) is 5.82 Å². The van der Waals surface area contributed by atoms with E-state index in [1.165, 1.54) is 12.1 Å². The predicted octanol–water partition coefficient (Wildman–Crippen LogP) is 3.71. The number of aromatic amines is 1. The zero-order valence-corrected chi connectivity index (χ0v) is 9.90. The molecule has 0 atom stereocenters. The fourth-order valence-corrected chi connectivity index (χ4v) is 1.48. The number of nitrogens with zero attached hydrogens (tertiary/aromatic N) is 1. The zero-order valence-electron chi connectivity index (χ0n) is 7.50. The first-order valence-corrected chi connectivity index (χ1v) is 5.38. The average Bonchev–Trinajstić information content (AvgIpc) is 2.23. The third-order valence-electron chi connectivity index (χ3n) is 1.87. The predicted molar refractivity (Wildman–Crippen MR) is 62.5 cm³/mol. The van der Waals surface area contributed by atoms with E-state index in [9.17, 15) is 4.39 Å². The number of aromatic nitrogens is 2. The lowest BCUT2D eigenvalue weighted by atomic mass is 10.2. The maximum atomic E-state index is 12.7. The number of nitrogens with one attached hydrogen (secondary N) is 1. The summed E-state index contributed by atoms with van der Waals surface area (Å²) >= 11 is 8.31. The molecule has 2 aromatic rings. The molecule has 0 bridgehead atoms. The van der Waals surface area contributed by atoms with Gasteiger partial charge in [-0.15, -0.1) is 0 Å². The van der Waals surface area contributed by atoms with Crippen molar-refractivity contribution >= 4 is 28.1 Å². The van der Waals surface area contributed by atoms with Crippen LogP contribution in [0.4, 0.5) is 4.39 Å². The minimum absolute atomic E-state index is 0.269.